The summed E-state index contributed by atoms with van der Waals surface area (Å²) in [5.41, 5.74) is 0.567. The van der Waals surface area contributed by atoms with Crippen LogP contribution in [0.3, 0.4) is 0 Å². The Hall–Kier alpha value is -2.19. The number of carbonyl (C=O) groups excluding carboxylic acids is 2. The lowest BCUT2D eigenvalue weighted by Crippen LogP contribution is -2.48. The summed E-state index contributed by atoms with van der Waals surface area (Å²) in [6, 6.07) is 5.55. The van der Waals surface area contributed by atoms with Crippen molar-refractivity contribution in [1.82, 2.24) is 20.4 Å². The number of piperidine rings is 1. The van der Waals surface area contributed by atoms with Gasteiger partial charge in [0, 0.05) is 64.0 Å². The first-order chi connectivity index (χ1) is 13.1. The molecule has 3 amide bonds. The number of nitrogens with one attached hydrogen (secondary N) is 3. The first-order valence-electron chi connectivity index (χ1n) is 9.64. The van der Waals surface area contributed by atoms with Crippen molar-refractivity contribution in [2.75, 3.05) is 51.1 Å². The minimum Gasteiger partial charge on any atom is -0.340 e. The van der Waals surface area contributed by atoms with Crippen molar-refractivity contribution in [2.45, 2.75) is 25.3 Å². The van der Waals surface area contributed by atoms with E-state index in [1.165, 1.54) is 24.3 Å². The van der Waals surface area contributed by atoms with Crippen molar-refractivity contribution < 1.29 is 14.0 Å². The Bertz CT molecular complexity index is 625. The van der Waals surface area contributed by atoms with Crippen LogP contribution in [0.1, 0.15) is 19.3 Å². The van der Waals surface area contributed by atoms with Gasteiger partial charge in [0.25, 0.3) is 0 Å². The smallest absolute Gasteiger partial charge is 0.319 e. The molecular weight excluding hydrogens is 349 g/mol. The second kappa shape index (κ2) is 9.66. The van der Waals surface area contributed by atoms with Gasteiger partial charge in [-0.05, 0) is 37.1 Å². The normalized spacial score (nSPS) is 18.9. The van der Waals surface area contributed by atoms with Crippen LogP contribution in [0.25, 0.3) is 0 Å². The van der Waals surface area contributed by atoms with E-state index in [0.29, 0.717) is 12.1 Å². The zero-order valence-electron chi connectivity index (χ0n) is 15.5. The number of benzene rings is 1. The minimum absolute atomic E-state index is 0.116. The highest BCUT2D eigenvalue weighted by Gasteiger charge is 2.22. The Morgan fingerprint density at radius 3 is 2.41 bits per heavy atom. The fraction of sp³-hybridized carbons (Fsp3) is 0.579. The zero-order valence-corrected chi connectivity index (χ0v) is 15.5. The van der Waals surface area contributed by atoms with E-state index in [-0.39, 0.29) is 23.8 Å². The average molecular weight is 377 g/mol. The molecule has 0 saturated carbocycles. The number of hydrogen-bond acceptors (Lipinski definition) is 4. The summed E-state index contributed by atoms with van der Waals surface area (Å²) in [5.74, 6) is -0.0980. The lowest BCUT2D eigenvalue weighted by Gasteiger charge is -2.33. The van der Waals surface area contributed by atoms with E-state index in [2.05, 4.69) is 20.9 Å². The van der Waals surface area contributed by atoms with Crippen LogP contribution in [-0.4, -0.2) is 73.6 Å². The molecule has 0 atom stereocenters. The summed E-state index contributed by atoms with van der Waals surface area (Å²) in [4.78, 5) is 28.5. The molecule has 0 aromatic heterocycles. The third-order valence-electron chi connectivity index (χ3n) is 5.14. The molecule has 2 heterocycles. The van der Waals surface area contributed by atoms with Crippen LogP contribution in [0.5, 0.6) is 0 Å². The fourth-order valence-electron chi connectivity index (χ4n) is 3.51. The van der Waals surface area contributed by atoms with Crippen molar-refractivity contribution in [3.05, 3.63) is 30.1 Å². The van der Waals surface area contributed by atoms with E-state index in [1.54, 1.807) is 0 Å². The third kappa shape index (κ3) is 6.18. The monoisotopic (exact) mass is 377 g/mol. The SMILES string of the molecule is O=C(Nc1ccc(F)cc1)NC1CCN(CCC(=O)N2CCNCC2)CC1. The van der Waals surface area contributed by atoms with E-state index in [4.69, 9.17) is 0 Å². The maximum absolute atomic E-state index is 12.9. The molecule has 2 fully saturated rings. The maximum atomic E-state index is 12.9. The lowest BCUT2D eigenvalue weighted by molar-refractivity contribution is -0.132. The standard InChI is InChI=1S/C19H28FN5O2/c20-15-1-3-16(4-2-15)22-19(27)23-17-5-10-24(11-6-17)12-7-18(26)25-13-8-21-9-14-25/h1-4,17,21H,5-14H2,(H2,22,23,27). The summed E-state index contributed by atoms with van der Waals surface area (Å²) in [7, 11) is 0. The highest BCUT2D eigenvalue weighted by molar-refractivity contribution is 5.89. The first-order valence-corrected chi connectivity index (χ1v) is 9.64. The molecule has 0 bridgehead atoms. The van der Waals surface area contributed by atoms with E-state index in [0.717, 1.165) is 58.7 Å². The Morgan fingerprint density at radius 1 is 1.07 bits per heavy atom. The zero-order chi connectivity index (χ0) is 19.1. The highest BCUT2D eigenvalue weighted by atomic mass is 19.1. The molecule has 1 aromatic carbocycles. The molecule has 0 aliphatic carbocycles. The fourth-order valence-corrected chi connectivity index (χ4v) is 3.51. The number of amides is 3. The molecule has 2 aliphatic rings. The van der Waals surface area contributed by atoms with Gasteiger partial charge < -0.3 is 25.8 Å². The number of likely N-dealkylation sites (tertiary alicyclic amines) is 1. The molecule has 148 valence electrons. The number of anilines is 1. The number of urea groups is 1. The van der Waals surface area contributed by atoms with Gasteiger partial charge in [-0.3, -0.25) is 4.79 Å². The van der Waals surface area contributed by atoms with Crippen LogP contribution in [0, 0.1) is 5.82 Å². The number of piperazine rings is 1. The molecule has 8 heteroatoms. The van der Waals surface area contributed by atoms with Crippen molar-refractivity contribution in [3.8, 4) is 0 Å². The van der Waals surface area contributed by atoms with Gasteiger partial charge >= 0.3 is 6.03 Å². The molecule has 2 aliphatic heterocycles. The second-order valence-electron chi connectivity index (χ2n) is 7.10. The largest absolute Gasteiger partial charge is 0.340 e. The predicted octanol–water partition coefficient (Wildman–Crippen LogP) is 1.23. The van der Waals surface area contributed by atoms with Crippen LogP contribution in [-0.2, 0) is 4.79 Å². The molecule has 2 saturated heterocycles. The number of rotatable bonds is 5. The van der Waals surface area contributed by atoms with Gasteiger partial charge in [0.2, 0.25) is 5.91 Å². The molecule has 3 N–H and O–H groups in total. The molecule has 27 heavy (non-hydrogen) atoms. The average Bonchev–Trinajstić information content (AvgIpc) is 2.69. The van der Waals surface area contributed by atoms with E-state index < -0.39 is 0 Å². The van der Waals surface area contributed by atoms with Gasteiger partial charge in [0.15, 0.2) is 0 Å². The molecule has 1 aromatic rings. The van der Waals surface area contributed by atoms with Crippen LogP contribution < -0.4 is 16.0 Å². The van der Waals surface area contributed by atoms with E-state index in [1.807, 2.05) is 4.90 Å². The second-order valence-corrected chi connectivity index (χ2v) is 7.10. The van der Waals surface area contributed by atoms with Gasteiger partial charge in [0.05, 0.1) is 0 Å². The summed E-state index contributed by atoms with van der Waals surface area (Å²) >= 11 is 0. The van der Waals surface area contributed by atoms with E-state index >= 15 is 0 Å². The summed E-state index contributed by atoms with van der Waals surface area (Å²) in [5, 5.41) is 8.94. The number of nitrogens with zero attached hydrogens (tertiary/aromatic N) is 2. The Labute approximate surface area is 159 Å². The Kier molecular flexibility index (Phi) is 7.00. The van der Waals surface area contributed by atoms with Crippen LogP contribution >= 0.6 is 0 Å². The molecule has 0 unspecified atom stereocenters. The molecule has 0 spiro atoms. The molecule has 3 rings (SSSR count). The van der Waals surface area contributed by atoms with Crippen LogP contribution in [0.4, 0.5) is 14.9 Å². The number of carbonyl (C=O) groups is 2. The molecule has 7 nitrogen and oxygen atoms in total. The quantitative estimate of drug-likeness (QED) is 0.722. The molecule has 0 radical (unpaired) electrons. The maximum Gasteiger partial charge on any atom is 0.319 e. The lowest BCUT2D eigenvalue weighted by atomic mass is 10.0. The van der Waals surface area contributed by atoms with Crippen LogP contribution in [0.2, 0.25) is 0 Å². The highest BCUT2D eigenvalue weighted by Crippen LogP contribution is 2.12. The topological polar surface area (TPSA) is 76.7 Å². The van der Waals surface area contributed by atoms with Gasteiger partial charge in [-0.2, -0.15) is 0 Å². The Balaban J connectivity index is 1.33. The van der Waals surface area contributed by atoms with Gasteiger partial charge in [0.1, 0.15) is 5.82 Å². The van der Waals surface area contributed by atoms with Crippen molar-refractivity contribution in [2.24, 2.45) is 0 Å². The van der Waals surface area contributed by atoms with Crippen molar-refractivity contribution in [1.29, 1.82) is 0 Å². The van der Waals surface area contributed by atoms with Gasteiger partial charge in [-0.25, -0.2) is 9.18 Å². The summed E-state index contributed by atoms with van der Waals surface area (Å²) in [6.45, 7) is 5.87. The third-order valence-corrected chi connectivity index (χ3v) is 5.14. The number of halogens is 1. The minimum atomic E-state index is -0.330. The van der Waals surface area contributed by atoms with E-state index in [9.17, 15) is 14.0 Å². The van der Waals surface area contributed by atoms with Crippen molar-refractivity contribution >= 4 is 17.6 Å². The van der Waals surface area contributed by atoms with Crippen LogP contribution in [0.15, 0.2) is 24.3 Å². The Morgan fingerprint density at radius 2 is 1.74 bits per heavy atom. The van der Waals surface area contributed by atoms with Gasteiger partial charge in [-0.15, -0.1) is 0 Å². The summed E-state index contributed by atoms with van der Waals surface area (Å²) < 4.78 is 12.9. The first kappa shape index (κ1) is 19.6. The van der Waals surface area contributed by atoms with Crippen molar-refractivity contribution in [3.63, 3.8) is 0 Å². The number of hydrogen-bond donors (Lipinski definition) is 3. The van der Waals surface area contributed by atoms with Gasteiger partial charge in [-0.1, -0.05) is 0 Å². The predicted molar refractivity (Wildman–Crippen MR) is 102 cm³/mol. The summed E-state index contributed by atoms with van der Waals surface area (Å²) in [6.07, 6.45) is 2.28. The molecular formula is C19H28FN5O2.